The smallest absolute Gasteiger partial charge is 0.184 e. The molecule has 0 bridgehead atoms. The zero-order valence-corrected chi connectivity index (χ0v) is 16.1. The molecule has 0 spiro atoms. The van der Waals surface area contributed by atoms with Crippen molar-refractivity contribution in [3.05, 3.63) is 42.0 Å². The summed E-state index contributed by atoms with van der Waals surface area (Å²) in [5.41, 5.74) is 1.86. The van der Waals surface area contributed by atoms with Gasteiger partial charge in [-0.25, -0.2) is 0 Å². The van der Waals surface area contributed by atoms with Crippen LogP contribution in [0.25, 0.3) is 6.08 Å². The standard InChI is InChI=1S/C21H28O8/c1-2-12-3-5-13(6-4-12)21-25-11-17-20(29-21)16(24)9-19(27-17)28-18-8-14(23)7-15(10-22)26-18/h2-6,14-24H,1,7-11H2/t14?,15-,16+,17+,18?,19+,20-,21?/m0/s1. The minimum Gasteiger partial charge on any atom is -0.394 e. The average Bonchev–Trinajstić information content (AvgIpc) is 2.73. The normalized spacial score (nSPS) is 40.2. The summed E-state index contributed by atoms with van der Waals surface area (Å²) in [6.07, 6.45) is -2.24. The second-order valence-corrected chi connectivity index (χ2v) is 7.68. The van der Waals surface area contributed by atoms with Crippen LogP contribution in [0.1, 0.15) is 36.7 Å². The van der Waals surface area contributed by atoms with Crippen LogP contribution in [-0.2, 0) is 23.7 Å². The van der Waals surface area contributed by atoms with E-state index in [9.17, 15) is 15.3 Å². The van der Waals surface area contributed by atoms with Gasteiger partial charge in [0.1, 0.15) is 12.2 Å². The number of ether oxygens (including phenoxy) is 5. The van der Waals surface area contributed by atoms with E-state index in [-0.39, 0.29) is 26.1 Å². The van der Waals surface area contributed by atoms with Gasteiger partial charge in [-0.05, 0) is 5.56 Å². The summed E-state index contributed by atoms with van der Waals surface area (Å²) in [4.78, 5) is 0. The van der Waals surface area contributed by atoms with Crippen molar-refractivity contribution in [2.24, 2.45) is 0 Å². The van der Waals surface area contributed by atoms with Gasteiger partial charge in [0.05, 0.1) is 31.5 Å². The molecule has 1 aromatic carbocycles. The third kappa shape index (κ3) is 4.87. The maximum Gasteiger partial charge on any atom is 0.184 e. The second kappa shape index (κ2) is 9.20. The average molecular weight is 408 g/mol. The third-order valence-electron chi connectivity index (χ3n) is 5.49. The fraction of sp³-hybridized carbons (Fsp3) is 0.619. The zero-order valence-electron chi connectivity index (χ0n) is 16.1. The molecule has 3 saturated heterocycles. The van der Waals surface area contributed by atoms with Crippen LogP contribution in [0.3, 0.4) is 0 Å². The highest BCUT2D eigenvalue weighted by atomic mass is 16.8. The predicted octanol–water partition coefficient (Wildman–Crippen LogP) is 1.09. The first-order valence-corrected chi connectivity index (χ1v) is 9.98. The van der Waals surface area contributed by atoms with Crippen molar-refractivity contribution in [3.63, 3.8) is 0 Å². The Labute approximate surface area is 169 Å². The molecule has 3 fully saturated rings. The first-order valence-electron chi connectivity index (χ1n) is 9.98. The number of rotatable bonds is 5. The highest BCUT2D eigenvalue weighted by molar-refractivity contribution is 5.47. The fourth-order valence-corrected chi connectivity index (χ4v) is 3.96. The van der Waals surface area contributed by atoms with Gasteiger partial charge in [-0.2, -0.15) is 0 Å². The maximum absolute atomic E-state index is 10.6. The molecule has 3 aliphatic rings. The second-order valence-electron chi connectivity index (χ2n) is 7.68. The van der Waals surface area contributed by atoms with E-state index < -0.39 is 49.4 Å². The van der Waals surface area contributed by atoms with Crippen LogP contribution >= 0.6 is 0 Å². The van der Waals surface area contributed by atoms with E-state index in [1.54, 1.807) is 6.08 Å². The van der Waals surface area contributed by atoms with Gasteiger partial charge in [0.15, 0.2) is 18.9 Å². The Morgan fingerprint density at radius 2 is 1.79 bits per heavy atom. The van der Waals surface area contributed by atoms with Crippen LogP contribution in [0.4, 0.5) is 0 Å². The summed E-state index contributed by atoms with van der Waals surface area (Å²) in [7, 11) is 0. The first kappa shape index (κ1) is 20.9. The summed E-state index contributed by atoms with van der Waals surface area (Å²) < 4.78 is 29.1. The van der Waals surface area contributed by atoms with E-state index in [0.29, 0.717) is 6.42 Å². The predicted molar refractivity (Wildman–Crippen MR) is 101 cm³/mol. The molecule has 29 heavy (non-hydrogen) atoms. The molecular weight excluding hydrogens is 380 g/mol. The van der Waals surface area contributed by atoms with E-state index in [1.165, 1.54) is 0 Å². The number of hydrogen-bond acceptors (Lipinski definition) is 8. The van der Waals surface area contributed by atoms with Gasteiger partial charge in [-0.1, -0.05) is 36.9 Å². The Morgan fingerprint density at radius 1 is 1.03 bits per heavy atom. The van der Waals surface area contributed by atoms with Crippen molar-refractivity contribution in [1.29, 1.82) is 0 Å². The zero-order chi connectivity index (χ0) is 20.4. The minimum absolute atomic E-state index is 0.188. The molecule has 0 aromatic heterocycles. The SMILES string of the molecule is C=Cc1ccc(C2OC[C@H]3O[C@H](OC4CC(O)C[C@@H](CO)O4)C[C@@H](O)[C@@H]3O2)cc1. The molecule has 8 heteroatoms. The van der Waals surface area contributed by atoms with Gasteiger partial charge in [0, 0.05) is 24.8 Å². The number of fused-ring (bicyclic) bond motifs is 1. The van der Waals surface area contributed by atoms with Crippen molar-refractivity contribution < 1.29 is 39.0 Å². The molecule has 4 rings (SSSR count). The highest BCUT2D eigenvalue weighted by Crippen LogP contribution is 2.35. The first-order chi connectivity index (χ1) is 14.1. The van der Waals surface area contributed by atoms with Gasteiger partial charge in [-0.15, -0.1) is 0 Å². The van der Waals surface area contributed by atoms with Gasteiger partial charge in [0.2, 0.25) is 0 Å². The maximum atomic E-state index is 10.6. The van der Waals surface area contributed by atoms with E-state index in [2.05, 4.69) is 6.58 Å². The lowest BCUT2D eigenvalue weighted by Crippen LogP contribution is -2.56. The molecule has 8 nitrogen and oxygen atoms in total. The Kier molecular flexibility index (Phi) is 6.63. The lowest BCUT2D eigenvalue weighted by atomic mass is 10.00. The van der Waals surface area contributed by atoms with E-state index in [0.717, 1.165) is 11.1 Å². The van der Waals surface area contributed by atoms with Crippen LogP contribution in [0.15, 0.2) is 30.8 Å². The largest absolute Gasteiger partial charge is 0.394 e. The Morgan fingerprint density at radius 3 is 2.52 bits per heavy atom. The summed E-state index contributed by atoms with van der Waals surface area (Å²) in [6, 6.07) is 7.68. The van der Waals surface area contributed by atoms with Crippen LogP contribution in [0.2, 0.25) is 0 Å². The topological polar surface area (TPSA) is 107 Å². The molecule has 3 aliphatic heterocycles. The number of hydrogen-bond donors (Lipinski definition) is 3. The van der Waals surface area contributed by atoms with Gasteiger partial charge in [-0.3, -0.25) is 0 Å². The van der Waals surface area contributed by atoms with Crippen molar-refractivity contribution >= 4 is 6.08 Å². The van der Waals surface area contributed by atoms with Crippen LogP contribution < -0.4 is 0 Å². The molecule has 0 amide bonds. The van der Waals surface area contributed by atoms with E-state index in [4.69, 9.17) is 23.7 Å². The van der Waals surface area contributed by atoms with Gasteiger partial charge in [0.25, 0.3) is 0 Å². The number of benzene rings is 1. The molecule has 160 valence electrons. The molecule has 0 aliphatic carbocycles. The Hall–Kier alpha value is -1.36. The summed E-state index contributed by atoms with van der Waals surface area (Å²) in [6.45, 7) is 3.80. The van der Waals surface area contributed by atoms with Crippen LogP contribution in [-0.4, -0.2) is 71.6 Å². The third-order valence-corrected chi connectivity index (χ3v) is 5.49. The van der Waals surface area contributed by atoms with Crippen molar-refractivity contribution in [2.75, 3.05) is 13.2 Å². The number of aliphatic hydroxyl groups is 3. The molecule has 1 aromatic rings. The quantitative estimate of drug-likeness (QED) is 0.665. The van der Waals surface area contributed by atoms with Gasteiger partial charge >= 0.3 is 0 Å². The van der Waals surface area contributed by atoms with Crippen molar-refractivity contribution in [2.45, 2.75) is 68.7 Å². The molecule has 0 radical (unpaired) electrons. The lowest BCUT2D eigenvalue weighted by Gasteiger charge is -2.45. The Bertz CT molecular complexity index is 680. The van der Waals surface area contributed by atoms with Crippen molar-refractivity contribution in [1.82, 2.24) is 0 Å². The molecule has 8 atom stereocenters. The molecule has 3 N–H and O–H groups in total. The van der Waals surface area contributed by atoms with Crippen LogP contribution in [0, 0.1) is 0 Å². The lowest BCUT2D eigenvalue weighted by molar-refractivity contribution is -0.362. The highest BCUT2D eigenvalue weighted by Gasteiger charge is 2.45. The van der Waals surface area contributed by atoms with E-state index in [1.807, 2.05) is 24.3 Å². The summed E-state index contributed by atoms with van der Waals surface area (Å²) >= 11 is 0. The molecule has 3 unspecified atom stereocenters. The summed E-state index contributed by atoms with van der Waals surface area (Å²) in [5.74, 6) is 0. The Balaban J connectivity index is 1.34. The molecular formula is C21H28O8. The number of aliphatic hydroxyl groups excluding tert-OH is 3. The fourth-order valence-electron chi connectivity index (χ4n) is 3.96. The molecule has 0 saturated carbocycles. The summed E-state index contributed by atoms with van der Waals surface area (Å²) in [5, 5.41) is 29.8. The van der Waals surface area contributed by atoms with E-state index >= 15 is 0 Å². The van der Waals surface area contributed by atoms with Crippen LogP contribution in [0.5, 0.6) is 0 Å². The minimum atomic E-state index is -0.792. The monoisotopic (exact) mass is 408 g/mol. The molecule has 3 heterocycles. The van der Waals surface area contributed by atoms with Gasteiger partial charge < -0.3 is 39.0 Å². The van der Waals surface area contributed by atoms with Crippen molar-refractivity contribution in [3.8, 4) is 0 Å².